The maximum absolute atomic E-state index is 12.9. The van der Waals surface area contributed by atoms with Gasteiger partial charge >= 0.3 is 0 Å². The summed E-state index contributed by atoms with van der Waals surface area (Å²) in [5, 5.41) is 12.4. The molecule has 3 aromatic carbocycles. The first kappa shape index (κ1) is 25.3. The molecule has 4 aromatic rings. The van der Waals surface area contributed by atoms with Gasteiger partial charge in [0.15, 0.2) is 0 Å². The molecule has 2 N–H and O–H groups in total. The molecule has 1 aromatic heterocycles. The smallest absolute Gasteiger partial charge is 0.251 e. The Morgan fingerprint density at radius 1 is 1.14 bits per heavy atom. The molecule has 0 saturated carbocycles. The fourth-order valence-corrected chi connectivity index (χ4v) is 5.06. The molecule has 37 heavy (non-hydrogen) atoms. The molecule has 1 amide bonds. The number of aromatic amines is 1. The van der Waals surface area contributed by atoms with Gasteiger partial charge in [0.25, 0.3) is 5.91 Å². The second-order valence-corrected chi connectivity index (χ2v) is 10.5. The van der Waals surface area contributed by atoms with Crippen molar-refractivity contribution in [3.8, 4) is 17.0 Å². The number of piperidine rings is 1. The van der Waals surface area contributed by atoms with Crippen LogP contribution in [0.4, 0.5) is 0 Å². The third kappa shape index (κ3) is 6.14. The number of amides is 1. The van der Waals surface area contributed by atoms with Crippen LogP contribution in [0.1, 0.15) is 35.7 Å². The number of carbonyl (C=O) groups is 1. The van der Waals surface area contributed by atoms with E-state index in [1.165, 1.54) is 0 Å². The molecular weight excluding hydrogens is 484 g/mol. The molecule has 192 valence electrons. The second kappa shape index (κ2) is 11.4. The first-order chi connectivity index (χ1) is 18.0. The lowest BCUT2D eigenvalue weighted by molar-refractivity contribution is 0.0948. The van der Waals surface area contributed by atoms with Crippen LogP contribution in [0.25, 0.3) is 22.2 Å². The van der Waals surface area contributed by atoms with E-state index in [0.717, 1.165) is 70.8 Å². The molecule has 1 unspecified atom stereocenters. The van der Waals surface area contributed by atoms with Gasteiger partial charge < -0.3 is 15.0 Å². The normalized spacial score (nSPS) is 15.5. The van der Waals surface area contributed by atoms with Crippen LogP contribution in [0.2, 0.25) is 5.02 Å². The van der Waals surface area contributed by atoms with Crippen LogP contribution in [0.3, 0.4) is 0 Å². The Bertz CT molecular complexity index is 1360. The summed E-state index contributed by atoms with van der Waals surface area (Å²) in [5.41, 5.74) is 4.40. The van der Waals surface area contributed by atoms with Crippen molar-refractivity contribution in [3.63, 3.8) is 0 Å². The minimum absolute atomic E-state index is 0.0954. The first-order valence-electron chi connectivity index (χ1n) is 12.9. The van der Waals surface area contributed by atoms with Gasteiger partial charge in [0.1, 0.15) is 11.9 Å². The number of fused-ring (bicyclic) bond motifs is 1. The highest BCUT2D eigenvalue weighted by Crippen LogP contribution is 2.29. The van der Waals surface area contributed by atoms with Gasteiger partial charge in [-0.2, -0.15) is 5.10 Å². The zero-order chi connectivity index (χ0) is 25.8. The van der Waals surface area contributed by atoms with Gasteiger partial charge in [-0.25, -0.2) is 0 Å². The molecule has 0 spiro atoms. The van der Waals surface area contributed by atoms with Gasteiger partial charge in [-0.3, -0.25) is 9.89 Å². The highest BCUT2D eigenvalue weighted by atomic mass is 35.5. The predicted molar refractivity (Wildman–Crippen MR) is 149 cm³/mol. The van der Waals surface area contributed by atoms with Crippen LogP contribution in [-0.2, 0) is 6.42 Å². The number of nitrogens with one attached hydrogen (secondary N) is 2. The van der Waals surface area contributed by atoms with Gasteiger partial charge in [-0.05, 0) is 86.3 Å². The number of likely N-dealkylation sites (tertiary alicyclic amines) is 1. The number of H-pyrrole nitrogens is 1. The van der Waals surface area contributed by atoms with Crippen molar-refractivity contribution >= 4 is 28.4 Å². The van der Waals surface area contributed by atoms with E-state index in [1.54, 1.807) is 0 Å². The number of hydrogen-bond donors (Lipinski definition) is 2. The number of ether oxygens (including phenoxy) is 1. The van der Waals surface area contributed by atoms with Crippen molar-refractivity contribution < 1.29 is 9.53 Å². The average Bonchev–Trinajstić information content (AvgIpc) is 3.34. The third-order valence-electron chi connectivity index (χ3n) is 7.06. The number of carbonyl (C=O) groups excluding carboxylic acids is 1. The van der Waals surface area contributed by atoms with E-state index >= 15 is 0 Å². The summed E-state index contributed by atoms with van der Waals surface area (Å²) < 4.78 is 6.19. The summed E-state index contributed by atoms with van der Waals surface area (Å²) >= 11 is 6.29. The van der Waals surface area contributed by atoms with E-state index < -0.39 is 0 Å². The lowest BCUT2D eigenvalue weighted by Gasteiger charge is -2.29. The van der Waals surface area contributed by atoms with Crippen molar-refractivity contribution in [2.75, 3.05) is 26.7 Å². The Labute approximate surface area is 223 Å². The number of aromatic nitrogens is 2. The zero-order valence-corrected chi connectivity index (χ0v) is 22.1. The lowest BCUT2D eigenvalue weighted by Crippen LogP contribution is -2.35. The van der Waals surface area contributed by atoms with E-state index in [9.17, 15) is 4.79 Å². The monoisotopic (exact) mass is 516 g/mol. The van der Waals surface area contributed by atoms with Gasteiger partial charge in [-0.15, -0.1) is 0 Å². The molecule has 5 rings (SSSR count). The van der Waals surface area contributed by atoms with E-state index in [-0.39, 0.29) is 17.9 Å². The standard InChI is InChI=1S/C30H33ClN4O2/c1-20(17-22-5-3-4-6-27(22)31)19-32-30(36)23-9-12-28-26(18-23)29(34-33-28)21-7-10-24(11-8-21)37-25-13-15-35(2)16-14-25/h3-12,18,20,25H,13-17,19H2,1-2H3,(H,32,36)(H,33,34). The predicted octanol–water partition coefficient (Wildman–Crippen LogP) is 5.96. The molecule has 1 atom stereocenters. The average molecular weight is 517 g/mol. The molecule has 1 aliphatic rings. The largest absolute Gasteiger partial charge is 0.490 e. The summed E-state index contributed by atoms with van der Waals surface area (Å²) in [5.74, 6) is 1.04. The maximum Gasteiger partial charge on any atom is 0.251 e. The summed E-state index contributed by atoms with van der Waals surface area (Å²) in [6.07, 6.45) is 3.17. The van der Waals surface area contributed by atoms with Crippen LogP contribution in [0, 0.1) is 5.92 Å². The molecule has 0 radical (unpaired) electrons. The Hall–Kier alpha value is -3.35. The minimum Gasteiger partial charge on any atom is -0.490 e. The number of halogens is 1. The van der Waals surface area contributed by atoms with Crippen LogP contribution >= 0.6 is 11.6 Å². The molecule has 0 bridgehead atoms. The van der Waals surface area contributed by atoms with Crippen molar-refractivity contribution in [3.05, 3.63) is 82.9 Å². The molecule has 0 aliphatic carbocycles. The maximum atomic E-state index is 12.9. The van der Waals surface area contributed by atoms with Crippen LogP contribution in [0.15, 0.2) is 66.7 Å². The lowest BCUT2D eigenvalue weighted by atomic mass is 10.0. The van der Waals surface area contributed by atoms with Crippen LogP contribution in [-0.4, -0.2) is 53.8 Å². The third-order valence-corrected chi connectivity index (χ3v) is 7.43. The SMILES string of the molecule is CC(CNC(=O)c1ccc2[nH]nc(-c3ccc(OC4CCN(C)CC4)cc3)c2c1)Cc1ccccc1Cl. The Balaban J connectivity index is 1.24. The molecule has 7 heteroatoms. The highest BCUT2D eigenvalue weighted by Gasteiger charge is 2.18. The van der Waals surface area contributed by atoms with E-state index in [4.69, 9.17) is 16.3 Å². The number of rotatable bonds is 8. The van der Waals surface area contributed by atoms with Gasteiger partial charge in [0.05, 0.1) is 11.2 Å². The topological polar surface area (TPSA) is 70.2 Å². The summed E-state index contributed by atoms with van der Waals surface area (Å²) in [4.78, 5) is 15.3. The summed E-state index contributed by atoms with van der Waals surface area (Å²) in [6, 6.07) is 21.6. The quantitative estimate of drug-likeness (QED) is 0.303. The Morgan fingerprint density at radius 2 is 1.89 bits per heavy atom. The van der Waals surface area contributed by atoms with Crippen LogP contribution in [0.5, 0.6) is 5.75 Å². The number of nitrogens with zero attached hydrogens (tertiary/aromatic N) is 2. The minimum atomic E-state index is -0.0954. The Kier molecular flexibility index (Phi) is 7.77. The summed E-state index contributed by atoms with van der Waals surface area (Å²) in [7, 11) is 2.15. The number of hydrogen-bond acceptors (Lipinski definition) is 4. The summed E-state index contributed by atoms with van der Waals surface area (Å²) in [6.45, 7) is 4.82. The van der Waals surface area contributed by atoms with E-state index in [2.05, 4.69) is 34.4 Å². The van der Waals surface area contributed by atoms with Gasteiger partial charge in [0.2, 0.25) is 0 Å². The zero-order valence-electron chi connectivity index (χ0n) is 21.3. The highest BCUT2D eigenvalue weighted by molar-refractivity contribution is 6.31. The van der Waals surface area contributed by atoms with Gasteiger partial charge in [-0.1, -0.05) is 36.7 Å². The van der Waals surface area contributed by atoms with E-state index in [1.807, 2.05) is 66.7 Å². The van der Waals surface area contributed by atoms with Crippen LogP contribution < -0.4 is 10.1 Å². The fourth-order valence-electron chi connectivity index (χ4n) is 4.84. The van der Waals surface area contributed by atoms with E-state index in [0.29, 0.717) is 12.1 Å². The first-order valence-corrected chi connectivity index (χ1v) is 13.3. The molecule has 2 heterocycles. The van der Waals surface area contributed by atoms with Crippen molar-refractivity contribution in [1.29, 1.82) is 0 Å². The molecular formula is C30H33ClN4O2. The molecule has 1 saturated heterocycles. The molecule has 6 nitrogen and oxygen atoms in total. The second-order valence-electron chi connectivity index (χ2n) is 10.1. The number of benzene rings is 3. The van der Waals surface area contributed by atoms with Crippen molar-refractivity contribution in [1.82, 2.24) is 20.4 Å². The fraction of sp³-hybridized carbons (Fsp3) is 0.333. The van der Waals surface area contributed by atoms with Crippen molar-refractivity contribution in [2.45, 2.75) is 32.3 Å². The van der Waals surface area contributed by atoms with Gasteiger partial charge in [0, 0.05) is 41.2 Å². The Morgan fingerprint density at radius 3 is 2.65 bits per heavy atom. The molecule has 1 fully saturated rings. The van der Waals surface area contributed by atoms with Crippen molar-refractivity contribution in [2.24, 2.45) is 5.92 Å². The molecule has 1 aliphatic heterocycles.